The molecule has 1 amide bonds. The molecule has 0 radical (unpaired) electrons. The quantitative estimate of drug-likeness (QED) is 0.802. The molecule has 0 aromatic carbocycles. The van der Waals surface area contributed by atoms with Crippen molar-refractivity contribution in [1.82, 2.24) is 14.7 Å². The number of carbonyl (C=O) groups is 1. The van der Waals surface area contributed by atoms with Gasteiger partial charge in [0.2, 0.25) is 5.91 Å². The van der Waals surface area contributed by atoms with Gasteiger partial charge in [0.25, 0.3) is 0 Å². The van der Waals surface area contributed by atoms with Gasteiger partial charge in [-0.25, -0.2) is 0 Å². The molecule has 1 aromatic heterocycles. The molecule has 1 atom stereocenters. The van der Waals surface area contributed by atoms with E-state index in [2.05, 4.69) is 22.2 Å². The van der Waals surface area contributed by atoms with Crippen molar-refractivity contribution >= 4 is 5.91 Å². The number of nitrogens with zero attached hydrogens (tertiary/aromatic N) is 3. The van der Waals surface area contributed by atoms with Crippen LogP contribution in [0.3, 0.4) is 0 Å². The number of hydrogen-bond donors (Lipinski definition) is 0. The molecule has 1 aliphatic heterocycles. The minimum Gasteiger partial charge on any atom is -0.342 e. The molecule has 114 valence electrons. The Balaban J connectivity index is 1.55. The van der Waals surface area contributed by atoms with E-state index in [9.17, 15) is 4.79 Å². The molecular formula is C17H25N3O. The van der Waals surface area contributed by atoms with E-state index >= 15 is 0 Å². The smallest absolute Gasteiger partial charge is 0.222 e. The second kappa shape index (κ2) is 6.04. The fraction of sp³-hybridized carbons (Fsp3) is 0.647. The van der Waals surface area contributed by atoms with Gasteiger partial charge in [0.05, 0.1) is 6.20 Å². The van der Waals surface area contributed by atoms with E-state index in [1.54, 1.807) is 4.68 Å². The van der Waals surface area contributed by atoms with E-state index in [1.807, 2.05) is 19.4 Å². The normalized spacial score (nSPS) is 25.5. The Morgan fingerprint density at radius 1 is 1.38 bits per heavy atom. The Bertz CT molecular complexity index is 534. The summed E-state index contributed by atoms with van der Waals surface area (Å²) in [6, 6.07) is 0. The topological polar surface area (TPSA) is 38.1 Å². The lowest BCUT2D eigenvalue weighted by molar-refractivity contribution is -0.134. The third-order valence-corrected chi connectivity index (χ3v) is 4.96. The molecule has 0 saturated carbocycles. The molecular weight excluding hydrogens is 262 g/mol. The summed E-state index contributed by atoms with van der Waals surface area (Å²) in [4.78, 5) is 14.6. The monoisotopic (exact) mass is 287 g/mol. The van der Waals surface area contributed by atoms with Crippen LogP contribution in [0, 0.1) is 5.41 Å². The molecule has 4 heteroatoms. The minimum atomic E-state index is 0.312. The van der Waals surface area contributed by atoms with Gasteiger partial charge >= 0.3 is 0 Å². The van der Waals surface area contributed by atoms with Crippen LogP contribution in [0.1, 0.15) is 44.1 Å². The lowest BCUT2D eigenvalue weighted by atomic mass is 9.71. The molecule has 2 heterocycles. The first kappa shape index (κ1) is 14.4. The number of piperidine rings is 1. The number of aryl methyl sites for hydroxylation is 2. The summed E-state index contributed by atoms with van der Waals surface area (Å²) < 4.78 is 1.80. The van der Waals surface area contributed by atoms with E-state index < -0.39 is 0 Å². The van der Waals surface area contributed by atoms with Gasteiger partial charge in [-0.1, -0.05) is 12.2 Å². The average Bonchev–Trinajstić information content (AvgIpc) is 2.91. The van der Waals surface area contributed by atoms with Crippen LogP contribution in [0.2, 0.25) is 0 Å². The second-order valence-electron chi connectivity index (χ2n) is 6.66. The maximum atomic E-state index is 12.5. The fourth-order valence-corrected chi connectivity index (χ4v) is 3.74. The van der Waals surface area contributed by atoms with Crippen molar-refractivity contribution in [3.05, 3.63) is 30.1 Å². The largest absolute Gasteiger partial charge is 0.342 e. The summed E-state index contributed by atoms with van der Waals surface area (Å²) in [5.41, 5.74) is 1.52. The molecule has 0 unspecified atom stereocenters. The van der Waals surface area contributed by atoms with E-state index in [-0.39, 0.29) is 0 Å². The van der Waals surface area contributed by atoms with E-state index in [4.69, 9.17) is 0 Å². The zero-order valence-electron chi connectivity index (χ0n) is 12.9. The SMILES string of the molecule is Cn1cc(CCC(=O)N2CCC[C@]3(CC=CCC3)C2)cn1. The Kier molecular flexibility index (Phi) is 4.13. The number of rotatable bonds is 3. The lowest BCUT2D eigenvalue weighted by Gasteiger charge is -2.44. The third-order valence-electron chi connectivity index (χ3n) is 4.96. The van der Waals surface area contributed by atoms with E-state index in [1.165, 1.54) is 19.3 Å². The van der Waals surface area contributed by atoms with Gasteiger partial charge in [0, 0.05) is 32.8 Å². The van der Waals surface area contributed by atoms with Gasteiger partial charge in [-0.2, -0.15) is 5.10 Å². The molecule has 21 heavy (non-hydrogen) atoms. The second-order valence-corrected chi connectivity index (χ2v) is 6.66. The van der Waals surface area contributed by atoms with Gasteiger partial charge in [0.1, 0.15) is 0 Å². The number of likely N-dealkylation sites (tertiary alicyclic amines) is 1. The highest BCUT2D eigenvalue weighted by Gasteiger charge is 2.36. The van der Waals surface area contributed by atoms with Gasteiger partial charge in [-0.05, 0) is 49.5 Å². The maximum absolute atomic E-state index is 12.5. The first-order valence-electron chi connectivity index (χ1n) is 8.07. The number of allylic oxidation sites excluding steroid dienone is 2. The Morgan fingerprint density at radius 2 is 2.29 bits per heavy atom. The fourth-order valence-electron chi connectivity index (χ4n) is 3.74. The Hall–Kier alpha value is -1.58. The first-order chi connectivity index (χ1) is 10.2. The number of hydrogen-bond acceptors (Lipinski definition) is 2. The van der Waals surface area contributed by atoms with E-state index in [0.717, 1.165) is 37.9 Å². The van der Waals surface area contributed by atoms with Crippen molar-refractivity contribution in [2.24, 2.45) is 12.5 Å². The number of amides is 1. The molecule has 1 aliphatic carbocycles. The van der Waals surface area contributed by atoms with Crippen LogP contribution in [0.25, 0.3) is 0 Å². The van der Waals surface area contributed by atoms with Gasteiger partial charge < -0.3 is 4.90 Å². The molecule has 0 N–H and O–H groups in total. The van der Waals surface area contributed by atoms with Crippen molar-refractivity contribution in [2.45, 2.75) is 44.9 Å². The predicted molar refractivity (Wildman–Crippen MR) is 82.8 cm³/mol. The summed E-state index contributed by atoms with van der Waals surface area (Å²) in [5, 5.41) is 4.16. The number of aromatic nitrogens is 2. The molecule has 0 bridgehead atoms. The van der Waals surface area contributed by atoms with Gasteiger partial charge in [0.15, 0.2) is 0 Å². The number of carbonyl (C=O) groups excluding carboxylic acids is 1. The maximum Gasteiger partial charge on any atom is 0.222 e. The molecule has 1 aromatic rings. The van der Waals surface area contributed by atoms with Crippen molar-refractivity contribution in [2.75, 3.05) is 13.1 Å². The molecule has 1 fully saturated rings. The lowest BCUT2D eigenvalue weighted by Crippen LogP contribution is -2.46. The molecule has 1 spiro atoms. The van der Waals surface area contributed by atoms with Crippen molar-refractivity contribution in [3.63, 3.8) is 0 Å². The summed E-state index contributed by atoms with van der Waals surface area (Å²) in [6.07, 6.45) is 15.9. The van der Waals surface area contributed by atoms with Gasteiger partial charge in [-0.15, -0.1) is 0 Å². The summed E-state index contributed by atoms with van der Waals surface area (Å²) in [6.45, 7) is 1.90. The predicted octanol–water partition coefficient (Wildman–Crippen LogP) is 2.70. The minimum absolute atomic E-state index is 0.312. The summed E-state index contributed by atoms with van der Waals surface area (Å²) >= 11 is 0. The summed E-state index contributed by atoms with van der Waals surface area (Å²) in [7, 11) is 1.91. The highest BCUT2D eigenvalue weighted by atomic mass is 16.2. The Morgan fingerprint density at radius 3 is 3.00 bits per heavy atom. The summed E-state index contributed by atoms with van der Waals surface area (Å²) in [5.74, 6) is 0.312. The van der Waals surface area contributed by atoms with Crippen LogP contribution in [0.4, 0.5) is 0 Å². The molecule has 4 nitrogen and oxygen atoms in total. The highest BCUT2D eigenvalue weighted by molar-refractivity contribution is 5.76. The van der Waals surface area contributed by atoms with E-state index in [0.29, 0.717) is 17.7 Å². The molecule has 1 saturated heterocycles. The van der Waals surface area contributed by atoms with Crippen molar-refractivity contribution < 1.29 is 4.79 Å². The van der Waals surface area contributed by atoms with Crippen LogP contribution < -0.4 is 0 Å². The standard InChI is InChI=1S/C17H25N3O/c1-19-13-15(12-18-19)6-7-16(21)20-11-5-10-17(14-20)8-3-2-4-9-17/h2-3,12-13H,4-11,14H2,1H3/t17-/m1/s1. The van der Waals surface area contributed by atoms with Crippen LogP contribution in [-0.2, 0) is 18.3 Å². The zero-order chi connectivity index (χ0) is 14.7. The van der Waals surface area contributed by atoms with Crippen molar-refractivity contribution in [3.8, 4) is 0 Å². The Labute approximate surface area is 126 Å². The molecule has 3 rings (SSSR count). The van der Waals surface area contributed by atoms with Crippen LogP contribution in [-0.4, -0.2) is 33.7 Å². The zero-order valence-corrected chi connectivity index (χ0v) is 12.9. The highest BCUT2D eigenvalue weighted by Crippen LogP contribution is 2.40. The van der Waals surface area contributed by atoms with Crippen LogP contribution >= 0.6 is 0 Å². The van der Waals surface area contributed by atoms with Crippen LogP contribution in [0.15, 0.2) is 24.5 Å². The van der Waals surface area contributed by atoms with Gasteiger partial charge in [-0.3, -0.25) is 9.48 Å². The first-order valence-corrected chi connectivity index (χ1v) is 8.07. The van der Waals surface area contributed by atoms with Crippen molar-refractivity contribution in [1.29, 1.82) is 0 Å². The average molecular weight is 287 g/mol. The molecule has 2 aliphatic rings. The van der Waals surface area contributed by atoms with Crippen LogP contribution in [0.5, 0.6) is 0 Å². The third kappa shape index (κ3) is 3.36.